The normalized spacial score (nSPS) is 11.2. The number of hydrogen-bond acceptors (Lipinski definition) is 4. The molecule has 6 nitrogen and oxygen atoms in total. The molecule has 0 bridgehead atoms. The Morgan fingerprint density at radius 2 is 1.52 bits per heavy atom. The first-order valence-corrected chi connectivity index (χ1v) is 12.8. The number of para-hydroxylation sites is 1. The first kappa shape index (κ1) is 25.2. The van der Waals surface area contributed by atoms with E-state index in [1.54, 1.807) is 66.7 Å². The van der Waals surface area contributed by atoms with Gasteiger partial charge in [0.1, 0.15) is 12.4 Å². The number of nitrogens with zero attached hydrogens (tertiary/aromatic N) is 1. The summed E-state index contributed by atoms with van der Waals surface area (Å²) in [4.78, 5) is 12.4. The van der Waals surface area contributed by atoms with Crippen LogP contribution in [-0.2, 0) is 16.6 Å². The van der Waals surface area contributed by atoms with Gasteiger partial charge < -0.3 is 10.1 Å². The van der Waals surface area contributed by atoms with E-state index in [0.29, 0.717) is 37.6 Å². The highest BCUT2D eigenvalue weighted by atomic mass is 35.5. The van der Waals surface area contributed by atoms with E-state index in [-0.39, 0.29) is 25.6 Å². The third-order valence-corrected chi connectivity index (χ3v) is 6.82. The Morgan fingerprint density at radius 3 is 2.12 bits per heavy atom. The Labute approximate surface area is 208 Å². The van der Waals surface area contributed by atoms with Crippen molar-refractivity contribution in [2.75, 3.05) is 23.7 Å². The summed E-state index contributed by atoms with van der Waals surface area (Å²) in [5.74, 6) is 0.224. The van der Waals surface area contributed by atoms with E-state index < -0.39 is 10.0 Å². The van der Waals surface area contributed by atoms with Crippen molar-refractivity contribution in [1.29, 1.82) is 0 Å². The summed E-state index contributed by atoms with van der Waals surface area (Å²) >= 11 is 18.4. The molecule has 1 amide bonds. The van der Waals surface area contributed by atoms with Crippen molar-refractivity contribution < 1.29 is 17.9 Å². The quantitative estimate of drug-likeness (QED) is 0.377. The summed E-state index contributed by atoms with van der Waals surface area (Å²) in [5.41, 5.74) is 1.25. The molecule has 0 aliphatic rings. The predicted molar refractivity (Wildman–Crippen MR) is 133 cm³/mol. The predicted octanol–water partition coefficient (Wildman–Crippen LogP) is 5.42. The van der Waals surface area contributed by atoms with Crippen LogP contribution in [0.25, 0.3) is 0 Å². The second-order valence-electron chi connectivity index (χ2n) is 7.05. The Balaban J connectivity index is 1.65. The topological polar surface area (TPSA) is 75.7 Å². The Morgan fingerprint density at radius 1 is 0.909 bits per heavy atom. The molecule has 174 valence electrons. The lowest BCUT2D eigenvalue weighted by molar-refractivity contribution is 0.0947. The lowest BCUT2D eigenvalue weighted by atomic mass is 10.1. The summed E-state index contributed by atoms with van der Waals surface area (Å²) in [5, 5.41) is 3.98. The molecule has 1 N–H and O–H groups in total. The van der Waals surface area contributed by atoms with Crippen molar-refractivity contribution in [1.82, 2.24) is 5.32 Å². The molecule has 0 atom stereocenters. The van der Waals surface area contributed by atoms with Crippen molar-refractivity contribution in [3.63, 3.8) is 0 Å². The molecule has 0 fully saturated rings. The van der Waals surface area contributed by atoms with E-state index in [1.807, 2.05) is 0 Å². The average Bonchev–Trinajstić information content (AvgIpc) is 2.77. The van der Waals surface area contributed by atoms with Crippen LogP contribution in [0.5, 0.6) is 5.75 Å². The first-order valence-electron chi connectivity index (χ1n) is 9.83. The van der Waals surface area contributed by atoms with E-state index in [2.05, 4.69) is 5.32 Å². The molecule has 0 saturated heterocycles. The molecule has 0 heterocycles. The monoisotopic (exact) mass is 526 g/mol. The van der Waals surface area contributed by atoms with E-state index in [0.717, 1.165) is 6.26 Å². The standard InChI is InChI=1S/C23H21Cl3N2O4S/c1-33(30,31)28(15-18-19(24)6-4-7-20(18)25)17-11-9-16(10-12-17)23(29)27-13-14-32-22-8-3-2-5-21(22)26/h2-12H,13-15H2,1H3,(H,27,29). The smallest absolute Gasteiger partial charge is 0.251 e. The van der Waals surface area contributed by atoms with Crippen LogP contribution >= 0.6 is 34.8 Å². The Bertz CT molecular complexity index is 1210. The fourth-order valence-corrected chi connectivity index (χ4v) is 4.57. The van der Waals surface area contributed by atoms with Crippen LogP contribution in [0.15, 0.2) is 66.7 Å². The fourth-order valence-electron chi connectivity index (χ4n) is 3.00. The zero-order valence-corrected chi connectivity index (χ0v) is 20.7. The van der Waals surface area contributed by atoms with Gasteiger partial charge in [0, 0.05) is 21.2 Å². The third kappa shape index (κ3) is 6.77. The van der Waals surface area contributed by atoms with Crippen LogP contribution in [0, 0.1) is 0 Å². The zero-order chi connectivity index (χ0) is 24.0. The minimum absolute atomic E-state index is 0.0394. The summed E-state index contributed by atoms with van der Waals surface area (Å²) in [6.07, 6.45) is 1.09. The summed E-state index contributed by atoms with van der Waals surface area (Å²) in [7, 11) is -3.64. The maximum Gasteiger partial charge on any atom is 0.251 e. The summed E-state index contributed by atoms with van der Waals surface area (Å²) in [6, 6.07) is 18.3. The van der Waals surface area contributed by atoms with Crippen molar-refractivity contribution in [2.45, 2.75) is 6.54 Å². The second kappa shape index (κ2) is 11.1. The number of carbonyl (C=O) groups excluding carboxylic acids is 1. The fraction of sp³-hybridized carbons (Fsp3) is 0.174. The number of carbonyl (C=O) groups is 1. The van der Waals surface area contributed by atoms with Crippen molar-refractivity contribution in [2.24, 2.45) is 0 Å². The maximum atomic E-state index is 12.4. The molecule has 3 aromatic rings. The van der Waals surface area contributed by atoms with Gasteiger partial charge in [0.25, 0.3) is 5.91 Å². The van der Waals surface area contributed by atoms with E-state index >= 15 is 0 Å². The third-order valence-electron chi connectivity index (χ3n) is 4.66. The van der Waals surface area contributed by atoms with Crippen molar-refractivity contribution in [3.8, 4) is 5.75 Å². The minimum Gasteiger partial charge on any atom is -0.490 e. The van der Waals surface area contributed by atoms with E-state index in [9.17, 15) is 13.2 Å². The molecule has 0 aliphatic carbocycles. The number of halogens is 3. The number of rotatable bonds is 9. The van der Waals surface area contributed by atoms with E-state index in [1.165, 1.54) is 4.31 Å². The molecule has 0 unspecified atom stereocenters. The van der Waals surface area contributed by atoms with Crippen molar-refractivity contribution >= 4 is 56.4 Å². The highest BCUT2D eigenvalue weighted by molar-refractivity contribution is 7.92. The Hall–Kier alpha value is -2.45. The Kier molecular flexibility index (Phi) is 8.48. The average molecular weight is 528 g/mol. The van der Waals surface area contributed by atoms with Crippen LogP contribution in [0.4, 0.5) is 5.69 Å². The number of sulfonamides is 1. The molecule has 33 heavy (non-hydrogen) atoms. The van der Waals surface area contributed by atoms with Gasteiger partial charge in [-0.2, -0.15) is 0 Å². The van der Waals surface area contributed by atoms with Gasteiger partial charge in [-0.05, 0) is 48.5 Å². The van der Waals surface area contributed by atoms with Gasteiger partial charge >= 0.3 is 0 Å². The summed E-state index contributed by atoms with van der Waals surface area (Å²) in [6.45, 7) is 0.475. The number of benzene rings is 3. The molecule has 3 rings (SSSR count). The minimum atomic E-state index is -3.64. The number of hydrogen-bond donors (Lipinski definition) is 1. The molecular formula is C23H21Cl3N2O4S. The van der Waals surface area contributed by atoms with Gasteiger partial charge in [0.2, 0.25) is 10.0 Å². The molecule has 3 aromatic carbocycles. The molecule has 0 aromatic heterocycles. The molecule has 10 heteroatoms. The number of anilines is 1. The maximum absolute atomic E-state index is 12.4. The number of ether oxygens (including phenoxy) is 1. The van der Waals surface area contributed by atoms with Crippen LogP contribution in [0.3, 0.4) is 0 Å². The molecule has 0 radical (unpaired) electrons. The van der Waals surface area contributed by atoms with Gasteiger partial charge in [0.15, 0.2) is 0 Å². The van der Waals surface area contributed by atoms with Crippen molar-refractivity contribution in [3.05, 3.63) is 92.9 Å². The molecule has 0 aliphatic heterocycles. The van der Waals surface area contributed by atoms with Crippen LogP contribution in [0.1, 0.15) is 15.9 Å². The zero-order valence-electron chi connectivity index (χ0n) is 17.6. The lowest BCUT2D eigenvalue weighted by Crippen LogP contribution is -2.30. The number of nitrogens with one attached hydrogen (secondary N) is 1. The van der Waals surface area contributed by atoms with Gasteiger partial charge in [-0.1, -0.05) is 53.0 Å². The first-order chi connectivity index (χ1) is 15.7. The van der Waals surface area contributed by atoms with Gasteiger partial charge in [-0.15, -0.1) is 0 Å². The highest BCUT2D eigenvalue weighted by Crippen LogP contribution is 2.29. The van der Waals surface area contributed by atoms with E-state index in [4.69, 9.17) is 39.5 Å². The SMILES string of the molecule is CS(=O)(=O)N(Cc1c(Cl)cccc1Cl)c1ccc(C(=O)NCCOc2ccccc2Cl)cc1. The highest BCUT2D eigenvalue weighted by Gasteiger charge is 2.21. The molecule has 0 saturated carbocycles. The lowest BCUT2D eigenvalue weighted by Gasteiger charge is -2.23. The largest absolute Gasteiger partial charge is 0.490 e. The van der Waals surface area contributed by atoms with Gasteiger partial charge in [0.05, 0.1) is 30.1 Å². The summed E-state index contributed by atoms with van der Waals surface area (Å²) < 4.78 is 31.6. The molecular weight excluding hydrogens is 507 g/mol. The van der Waals surface area contributed by atoms with Crippen LogP contribution in [0.2, 0.25) is 15.1 Å². The van der Waals surface area contributed by atoms with Crippen LogP contribution in [-0.4, -0.2) is 33.7 Å². The van der Waals surface area contributed by atoms with Gasteiger partial charge in [-0.3, -0.25) is 9.10 Å². The second-order valence-corrected chi connectivity index (χ2v) is 10.2. The molecule has 0 spiro atoms. The van der Waals surface area contributed by atoms with Crippen LogP contribution < -0.4 is 14.4 Å². The van der Waals surface area contributed by atoms with Gasteiger partial charge in [-0.25, -0.2) is 8.42 Å². The number of amides is 1.